The summed E-state index contributed by atoms with van der Waals surface area (Å²) in [6, 6.07) is 10.5. The molecule has 1 aromatic rings. The van der Waals surface area contributed by atoms with E-state index in [1.807, 2.05) is 13.8 Å². The molecule has 0 amide bonds. The van der Waals surface area contributed by atoms with Gasteiger partial charge in [0.25, 0.3) is 0 Å². The largest absolute Gasteiger partial charge is 0.371 e. The van der Waals surface area contributed by atoms with Crippen LogP contribution < -0.4 is 0 Å². The van der Waals surface area contributed by atoms with Crippen LogP contribution >= 0.6 is 0 Å². The molecule has 16 heavy (non-hydrogen) atoms. The fourth-order valence-corrected chi connectivity index (χ4v) is 1.62. The summed E-state index contributed by atoms with van der Waals surface area (Å²) in [6.45, 7) is 6.11. The molecule has 0 aliphatic carbocycles. The van der Waals surface area contributed by atoms with E-state index in [1.165, 1.54) is 5.56 Å². The average molecular weight is 217 g/mol. The summed E-state index contributed by atoms with van der Waals surface area (Å²) in [5.41, 5.74) is 2.40. The third-order valence-electron chi connectivity index (χ3n) is 2.40. The molecule has 0 radical (unpaired) electrons. The number of aryl methyl sites for hydroxylation is 1. The Kier molecular flexibility index (Phi) is 5.01. The van der Waals surface area contributed by atoms with Crippen molar-refractivity contribution in [2.45, 2.75) is 45.8 Å². The van der Waals surface area contributed by atoms with Crippen LogP contribution in [0.2, 0.25) is 0 Å². The van der Waals surface area contributed by atoms with Gasteiger partial charge in [0.2, 0.25) is 0 Å². The van der Waals surface area contributed by atoms with Gasteiger partial charge in [-0.1, -0.05) is 29.8 Å². The molecule has 0 saturated carbocycles. The molecule has 0 fully saturated rings. The normalized spacial score (nSPS) is 12.4. The van der Waals surface area contributed by atoms with Gasteiger partial charge in [0.1, 0.15) is 0 Å². The number of ether oxygens (including phenoxy) is 1. The molecule has 0 aromatic heterocycles. The molecule has 1 rings (SSSR count). The maximum atomic E-state index is 8.63. The highest BCUT2D eigenvalue weighted by Gasteiger charge is 2.13. The van der Waals surface area contributed by atoms with E-state index in [4.69, 9.17) is 10.00 Å². The molecule has 86 valence electrons. The van der Waals surface area contributed by atoms with Crippen molar-refractivity contribution in [2.24, 2.45) is 0 Å². The predicted molar refractivity (Wildman–Crippen MR) is 65.0 cm³/mol. The molecule has 2 heteroatoms. The summed E-state index contributed by atoms with van der Waals surface area (Å²) >= 11 is 0. The monoisotopic (exact) mass is 217 g/mol. The van der Waals surface area contributed by atoms with Crippen molar-refractivity contribution in [1.82, 2.24) is 0 Å². The lowest BCUT2D eigenvalue weighted by molar-refractivity contribution is 0.00250. The molecule has 0 N–H and O–H groups in total. The van der Waals surface area contributed by atoms with Gasteiger partial charge in [0.05, 0.1) is 18.3 Å². The number of nitriles is 1. The maximum Gasteiger partial charge on any atom is 0.0838 e. The minimum atomic E-state index is 0.0419. The lowest BCUT2D eigenvalue weighted by atomic mass is 10.0. The Labute approximate surface area is 97.9 Å². The molecule has 1 atom stereocenters. The number of nitrogens with zero attached hydrogens (tertiary/aromatic N) is 1. The van der Waals surface area contributed by atoms with Crippen LogP contribution in [0.15, 0.2) is 24.3 Å². The van der Waals surface area contributed by atoms with E-state index in [-0.39, 0.29) is 12.2 Å². The first kappa shape index (κ1) is 12.7. The number of benzene rings is 1. The molecule has 0 aliphatic rings. The molecule has 0 heterocycles. The highest BCUT2D eigenvalue weighted by atomic mass is 16.5. The Morgan fingerprint density at radius 2 is 1.88 bits per heavy atom. The SMILES string of the molecule is Cc1ccc([C@@H](CCC#N)OC(C)C)cc1. The van der Waals surface area contributed by atoms with E-state index in [0.717, 1.165) is 12.0 Å². The Morgan fingerprint density at radius 3 is 2.38 bits per heavy atom. The zero-order chi connectivity index (χ0) is 12.0. The van der Waals surface area contributed by atoms with Gasteiger partial charge >= 0.3 is 0 Å². The first-order valence-corrected chi connectivity index (χ1v) is 5.72. The van der Waals surface area contributed by atoms with Crippen molar-refractivity contribution < 1.29 is 4.74 Å². The van der Waals surface area contributed by atoms with E-state index >= 15 is 0 Å². The minimum absolute atomic E-state index is 0.0419. The zero-order valence-corrected chi connectivity index (χ0v) is 10.2. The van der Waals surface area contributed by atoms with Gasteiger partial charge in [-0.2, -0.15) is 5.26 Å². The second-order valence-electron chi connectivity index (χ2n) is 4.28. The van der Waals surface area contributed by atoms with Crippen LogP contribution in [0.5, 0.6) is 0 Å². The summed E-state index contributed by atoms with van der Waals surface area (Å²) in [7, 11) is 0. The molecular formula is C14H19NO. The first-order chi connectivity index (χ1) is 7.63. The minimum Gasteiger partial charge on any atom is -0.371 e. The summed E-state index contributed by atoms with van der Waals surface area (Å²) in [5, 5.41) is 8.63. The molecule has 2 nitrogen and oxygen atoms in total. The van der Waals surface area contributed by atoms with Crippen molar-refractivity contribution in [3.05, 3.63) is 35.4 Å². The van der Waals surface area contributed by atoms with E-state index in [9.17, 15) is 0 Å². The topological polar surface area (TPSA) is 33.0 Å². The van der Waals surface area contributed by atoms with Crippen LogP contribution in [0.1, 0.15) is 43.9 Å². The quantitative estimate of drug-likeness (QED) is 0.752. The van der Waals surface area contributed by atoms with Gasteiger partial charge in [-0.15, -0.1) is 0 Å². The van der Waals surface area contributed by atoms with Crippen molar-refractivity contribution in [1.29, 1.82) is 5.26 Å². The highest BCUT2D eigenvalue weighted by Crippen LogP contribution is 2.24. The van der Waals surface area contributed by atoms with Gasteiger partial charge in [-0.3, -0.25) is 0 Å². The van der Waals surface area contributed by atoms with Gasteiger partial charge in [-0.25, -0.2) is 0 Å². The van der Waals surface area contributed by atoms with E-state index in [2.05, 4.69) is 37.3 Å². The second kappa shape index (κ2) is 6.30. The Morgan fingerprint density at radius 1 is 1.25 bits per heavy atom. The molecule has 0 bridgehead atoms. The van der Waals surface area contributed by atoms with Crippen molar-refractivity contribution in [3.8, 4) is 6.07 Å². The van der Waals surface area contributed by atoms with Crippen LogP contribution in [0.25, 0.3) is 0 Å². The molecule has 0 spiro atoms. The summed E-state index contributed by atoms with van der Waals surface area (Å²) in [4.78, 5) is 0. The van der Waals surface area contributed by atoms with Crippen LogP contribution in [0.4, 0.5) is 0 Å². The van der Waals surface area contributed by atoms with Crippen molar-refractivity contribution >= 4 is 0 Å². The van der Waals surface area contributed by atoms with Crippen LogP contribution in [-0.4, -0.2) is 6.10 Å². The zero-order valence-electron chi connectivity index (χ0n) is 10.2. The molecule has 0 unspecified atom stereocenters. The van der Waals surface area contributed by atoms with E-state index < -0.39 is 0 Å². The maximum absolute atomic E-state index is 8.63. The average Bonchev–Trinajstić information content (AvgIpc) is 2.25. The van der Waals surface area contributed by atoms with Gasteiger partial charge in [0.15, 0.2) is 0 Å². The summed E-state index contributed by atoms with van der Waals surface area (Å²) in [6.07, 6.45) is 1.52. The highest BCUT2D eigenvalue weighted by molar-refractivity contribution is 5.23. The van der Waals surface area contributed by atoms with E-state index in [0.29, 0.717) is 6.42 Å². The molecular weight excluding hydrogens is 198 g/mol. The van der Waals surface area contributed by atoms with Crippen molar-refractivity contribution in [2.75, 3.05) is 0 Å². The lowest BCUT2D eigenvalue weighted by Crippen LogP contribution is -2.10. The van der Waals surface area contributed by atoms with Crippen LogP contribution in [-0.2, 0) is 4.74 Å². The fraction of sp³-hybridized carbons (Fsp3) is 0.500. The van der Waals surface area contributed by atoms with Crippen LogP contribution in [0, 0.1) is 18.3 Å². The molecule has 0 saturated heterocycles. The Bertz CT molecular complexity index is 348. The summed E-state index contributed by atoms with van der Waals surface area (Å²) < 4.78 is 5.83. The number of rotatable bonds is 5. The second-order valence-corrected chi connectivity index (χ2v) is 4.28. The molecule has 0 aliphatic heterocycles. The number of hydrogen-bond acceptors (Lipinski definition) is 2. The van der Waals surface area contributed by atoms with Gasteiger partial charge in [0, 0.05) is 6.42 Å². The fourth-order valence-electron chi connectivity index (χ4n) is 1.62. The number of hydrogen-bond donors (Lipinski definition) is 0. The third kappa shape index (κ3) is 4.04. The third-order valence-corrected chi connectivity index (χ3v) is 2.40. The first-order valence-electron chi connectivity index (χ1n) is 5.72. The van der Waals surface area contributed by atoms with Gasteiger partial charge < -0.3 is 4.74 Å². The Balaban J connectivity index is 2.75. The van der Waals surface area contributed by atoms with Crippen LogP contribution in [0.3, 0.4) is 0 Å². The Hall–Kier alpha value is -1.33. The van der Waals surface area contributed by atoms with E-state index in [1.54, 1.807) is 0 Å². The van der Waals surface area contributed by atoms with Crippen molar-refractivity contribution in [3.63, 3.8) is 0 Å². The predicted octanol–water partition coefficient (Wildman–Crippen LogP) is 3.76. The molecule has 1 aromatic carbocycles. The lowest BCUT2D eigenvalue weighted by Gasteiger charge is -2.20. The standard InChI is InChI=1S/C14H19NO/c1-11(2)16-14(5-4-10-15)13-8-6-12(3)7-9-13/h6-9,11,14H,4-5H2,1-3H3/t14-/m1/s1. The smallest absolute Gasteiger partial charge is 0.0838 e. The van der Waals surface area contributed by atoms with Gasteiger partial charge in [-0.05, 0) is 32.8 Å². The summed E-state index contributed by atoms with van der Waals surface area (Å²) in [5.74, 6) is 0.